The number of benzene rings is 1. The van der Waals surface area contributed by atoms with Gasteiger partial charge in [-0.15, -0.1) is 12.6 Å². The summed E-state index contributed by atoms with van der Waals surface area (Å²) in [5, 5.41) is 8.81. The molecular formula is C10H8BrNO2S. The first kappa shape index (κ1) is 12.1. The molecular weight excluding hydrogens is 278 g/mol. The lowest BCUT2D eigenvalue weighted by Crippen LogP contribution is -2.05. The largest absolute Gasteiger partial charge is 0.462 e. The molecule has 0 saturated carbocycles. The second-order valence-corrected chi connectivity index (χ2v) is 3.99. The minimum atomic E-state index is -0.442. The van der Waals surface area contributed by atoms with Crippen LogP contribution in [0, 0.1) is 11.3 Å². The smallest absolute Gasteiger partial charge is 0.338 e. The molecule has 0 fully saturated rings. The van der Waals surface area contributed by atoms with Crippen LogP contribution in [0.15, 0.2) is 21.5 Å². The van der Waals surface area contributed by atoms with E-state index in [1.54, 1.807) is 13.0 Å². The Balaban J connectivity index is 3.18. The van der Waals surface area contributed by atoms with Crippen molar-refractivity contribution < 1.29 is 9.53 Å². The fraction of sp³-hybridized carbons (Fsp3) is 0.200. The zero-order valence-corrected chi connectivity index (χ0v) is 10.4. The molecule has 0 bridgehead atoms. The van der Waals surface area contributed by atoms with E-state index in [2.05, 4.69) is 28.6 Å². The molecule has 0 radical (unpaired) electrons. The molecule has 0 aliphatic carbocycles. The number of carbonyl (C=O) groups is 1. The summed E-state index contributed by atoms with van der Waals surface area (Å²) >= 11 is 7.36. The van der Waals surface area contributed by atoms with Gasteiger partial charge in [0, 0.05) is 9.37 Å². The van der Waals surface area contributed by atoms with Crippen LogP contribution in [0.5, 0.6) is 0 Å². The molecule has 0 spiro atoms. The van der Waals surface area contributed by atoms with Crippen LogP contribution in [0.4, 0.5) is 0 Å². The van der Waals surface area contributed by atoms with Crippen molar-refractivity contribution in [2.75, 3.05) is 6.61 Å². The summed E-state index contributed by atoms with van der Waals surface area (Å²) in [6, 6.07) is 5.01. The van der Waals surface area contributed by atoms with Crippen molar-refractivity contribution in [1.29, 1.82) is 5.26 Å². The summed E-state index contributed by atoms with van der Waals surface area (Å²) in [6.45, 7) is 2.03. The number of hydrogen-bond donors (Lipinski definition) is 1. The molecule has 1 rings (SSSR count). The Hall–Kier alpha value is -0.990. The van der Waals surface area contributed by atoms with Crippen LogP contribution in [0.2, 0.25) is 0 Å². The Bertz CT molecular complexity index is 440. The normalized spacial score (nSPS) is 9.47. The lowest BCUT2D eigenvalue weighted by Gasteiger charge is -2.05. The van der Waals surface area contributed by atoms with Crippen LogP contribution in [0.3, 0.4) is 0 Å². The summed E-state index contributed by atoms with van der Waals surface area (Å²) in [5.41, 5.74) is 0.689. The minimum Gasteiger partial charge on any atom is -0.462 e. The van der Waals surface area contributed by atoms with Gasteiger partial charge in [0.1, 0.15) is 6.07 Å². The summed E-state index contributed by atoms with van der Waals surface area (Å²) in [7, 11) is 0. The van der Waals surface area contributed by atoms with Gasteiger partial charge in [-0.1, -0.05) is 0 Å². The van der Waals surface area contributed by atoms with Crippen molar-refractivity contribution in [3.8, 4) is 6.07 Å². The third kappa shape index (κ3) is 2.74. The summed E-state index contributed by atoms with van der Waals surface area (Å²) < 4.78 is 5.43. The maximum atomic E-state index is 11.4. The zero-order chi connectivity index (χ0) is 11.4. The molecule has 0 heterocycles. The summed E-state index contributed by atoms with van der Waals surface area (Å²) in [5.74, 6) is -0.442. The Kier molecular flexibility index (Phi) is 4.18. The first-order valence-corrected chi connectivity index (χ1v) is 5.44. The predicted molar refractivity (Wildman–Crippen MR) is 62.1 cm³/mol. The quantitative estimate of drug-likeness (QED) is 0.672. The van der Waals surface area contributed by atoms with Crippen molar-refractivity contribution in [1.82, 2.24) is 0 Å². The number of ether oxygens (including phenoxy) is 1. The third-order valence-electron chi connectivity index (χ3n) is 1.69. The van der Waals surface area contributed by atoms with Gasteiger partial charge < -0.3 is 4.74 Å². The van der Waals surface area contributed by atoms with Gasteiger partial charge in [0.15, 0.2) is 0 Å². The molecule has 0 aliphatic rings. The van der Waals surface area contributed by atoms with Crippen LogP contribution in [-0.2, 0) is 4.74 Å². The van der Waals surface area contributed by atoms with E-state index in [1.807, 2.05) is 6.07 Å². The topological polar surface area (TPSA) is 50.1 Å². The van der Waals surface area contributed by atoms with Gasteiger partial charge in [0.2, 0.25) is 0 Å². The van der Waals surface area contributed by atoms with E-state index < -0.39 is 5.97 Å². The molecule has 5 heteroatoms. The van der Waals surface area contributed by atoms with E-state index in [0.29, 0.717) is 27.1 Å². The number of nitrogens with zero attached hydrogens (tertiary/aromatic N) is 1. The van der Waals surface area contributed by atoms with Gasteiger partial charge in [-0.05, 0) is 35.0 Å². The Labute approximate surface area is 102 Å². The fourth-order valence-corrected chi connectivity index (χ4v) is 1.66. The standard InChI is InChI=1S/C10H8BrNO2S/c1-2-14-10(13)6-3-7(5-12)9(15)8(11)4-6/h3-4,15H,2H2,1H3. The Morgan fingerprint density at radius 2 is 2.33 bits per heavy atom. The van der Waals surface area contributed by atoms with E-state index in [1.165, 1.54) is 6.07 Å². The molecule has 0 unspecified atom stereocenters. The van der Waals surface area contributed by atoms with Crippen LogP contribution >= 0.6 is 28.6 Å². The molecule has 0 atom stereocenters. The number of esters is 1. The Morgan fingerprint density at radius 1 is 1.67 bits per heavy atom. The zero-order valence-electron chi connectivity index (χ0n) is 7.95. The van der Waals surface area contributed by atoms with Gasteiger partial charge in [-0.2, -0.15) is 5.26 Å². The highest BCUT2D eigenvalue weighted by Gasteiger charge is 2.12. The van der Waals surface area contributed by atoms with Crippen molar-refractivity contribution in [3.63, 3.8) is 0 Å². The predicted octanol–water partition coefficient (Wildman–Crippen LogP) is 2.79. The molecule has 0 aromatic heterocycles. The molecule has 1 aromatic rings. The number of thiol groups is 1. The van der Waals surface area contributed by atoms with Gasteiger partial charge in [0.25, 0.3) is 0 Å². The molecule has 0 saturated heterocycles. The highest BCUT2D eigenvalue weighted by Crippen LogP contribution is 2.26. The molecule has 78 valence electrons. The van der Waals surface area contributed by atoms with Crippen molar-refractivity contribution in [2.45, 2.75) is 11.8 Å². The third-order valence-corrected chi connectivity index (χ3v) is 3.11. The van der Waals surface area contributed by atoms with E-state index in [4.69, 9.17) is 10.00 Å². The number of rotatable bonds is 2. The van der Waals surface area contributed by atoms with Gasteiger partial charge >= 0.3 is 5.97 Å². The average molecular weight is 286 g/mol. The summed E-state index contributed by atoms with van der Waals surface area (Å²) in [6.07, 6.45) is 0. The summed E-state index contributed by atoms with van der Waals surface area (Å²) in [4.78, 5) is 11.9. The second-order valence-electron chi connectivity index (χ2n) is 2.69. The molecule has 0 N–H and O–H groups in total. The molecule has 3 nitrogen and oxygen atoms in total. The van der Waals surface area contributed by atoms with Gasteiger partial charge in [0.05, 0.1) is 17.7 Å². The van der Waals surface area contributed by atoms with Crippen molar-refractivity contribution in [2.24, 2.45) is 0 Å². The molecule has 1 aromatic carbocycles. The highest BCUT2D eigenvalue weighted by atomic mass is 79.9. The first-order chi connectivity index (χ1) is 7.10. The minimum absolute atomic E-state index is 0.307. The van der Waals surface area contributed by atoms with E-state index in [0.717, 1.165) is 0 Å². The number of hydrogen-bond acceptors (Lipinski definition) is 4. The maximum Gasteiger partial charge on any atom is 0.338 e. The lowest BCUT2D eigenvalue weighted by atomic mass is 10.1. The first-order valence-electron chi connectivity index (χ1n) is 4.19. The van der Waals surface area contributed by atoms with Crippen LogP contribution < -0.4 is 0 Å². The Morgan fingerprint density at radius 3 is 2.87 bits per heavy atom. The number of carbonyl (C=O) groups excluding carboxylic acids is 1. The maximum absolute atomic E-state index is 11.4. The second kappa shape index (κ2) is 5.19. The van der Waals surface area contributed by atoms with Gasteiger partial charge in [-0.25, -0.2) is 4.79 Å². The monoisotopic (exact) mass is 285 g/mol. The van der Waals surface area contributed by atoms with Crippen molar-refractivity contribution in [3.05, 3.63) is 27.7 Å². The van der Waals surface area contributed by atoms with Crippen LogP contribution in [0.25, 0.3) is 0 Å². The number of nitriles is 1. The van der Waals surface area contributed by atoms with Crippen LogP contribution in [-0.4, -0.2) is 12.6 Å². The fourth-order valence-electron chi connectivity index (χ4n) is 1.02. The van der Waals surface area contributed by atoms with E-state index in [9.17, 15) is 4.79 Å². The molecule has 15 heavy (non-hydrogen) atoms. The van der Waals surface area contributed by atoms with Gasteiger partial charge in [-0.3, -0.25) is 0 Å². The number of halogens is 1. The van der Waals surface area contributed by atoms with E-state index in [-0.39, 0.29) is 0 Å². The average Bonchev–Trinajstić information content (AvgIpc) is 2.22. The molecule has 0 aliphatic heterocycles. The molecule has 0 amide bonds. The van der Waals surface area contributed by atoms with Crippen LogP contribution in [0.1, 0.15) is 22.8 Å². The SMILES string of the molecule is CCOC(=O)c1cc(Br)c(S)c(C#N)c1. The van der Waals surface area contributed by atoms with E-state index >= 15 is 0 Å². The highest BCUT2D eigenvalue weighted by molar-refractivity contribution is 9.10. The van der Waals surface area contributed by atoms with Crippen molar-refractivity contribution >= 4 is 34.5 Å². The lowest BCUT2D eigenvalue weighted by molar-refractivity contribution is 0.0526.